The predicted molar refractivity (Wildman–Crippen MR) is 85.7 cm³/mol. The van der Waals surface area contributed by atoms with Gasteiger partial charge in [0.15, 0.2) is 5.75 Å². The molecule has 1 saturated heterocycles. The SMILES string of the molecule is CC(c1ccccc1)c1ccc(C(N)=O)c(ON2CCC2)c1. The molecule has 4 nitrogen and oxygen atoms in total. The Hall–Kier alpha value is -2.33. The lowest BCUT2D eigenvalue weighted by atomic mass is 9.92. The van der Waals surface area contributed by atoms with E-state index in [1.165, 1.54) is 5.56 Å². The van der Waals surface area contributed by atoms with Crippen LogP contribution in [0.15, 0.2) is 48.5 Å². The highest BCUT2D eigenvalue weighted by atomic mass is 16.7. The van der Waals surface area contributed by atoms with Crippen LogP contribution in [0, 0.1) is 0 Å². The highest BCUT2D eigenvalue weighted by Gasteiger charge is 2.20. The third-order valence-corrected chi connectivity index (χ3v) is 4.11. The maximum absolute atomic E-state index is 11.6. The molecule has 0 aliphatic carbocycles. The number of nitrogens with zero attached hydrogens (tertiary/aromatic N) is 1. The van der Waals surface area contributed by atoms with E-state index in [9.17, 15) is 4.79 Å². The number of carbonyl (C=O) groups is 1. The summed E-state index contributed by atoms with van der Waals surface area (Å²) in [7, 11) is 0. The molecule has 0 bridgehead atoms. The third kappa shape index (κ3) is 2.97. The fourth-order valence-electron chi connectivity index (χ4n) is 2.54. The summed E-state index contributed by atoms with van der Waals surface area (Å²) < 4.78 is 0. The van der Waals surface area contributed by atoms with Gasteiger partial charge in [-0.15, -0.1) is 5.06 Å². The van der Waals surface area contributed by atoms with Gasteiger partial charge in [0.05, 0.1) is 5.56 Å². The number of amides is 1. The van der Waals surface area contributed by atoms with Gasteiger partial charge in [-0.1, -0.05) is 43.3 Å². The van der Waals surface area contributed by atoms with Gasteiger partial charge in [-0.25, -0.2) is 0 Å². The number of hydroxylamine groups is 2. The highest BCUT2D eigenvalue weighted by Crippen LogP contribution is 2.30. The van der Waals surface area contributed by atoms with Crippen LogP contribution in [-0.2, 0) is 0 Å². The van der Waals surface area contributed by atoms with Gasteiger partial charge >= 0.3 is 0 Å². The minimum atomic E-state index is -0.463. The molecule has 2 aromatic carbocycles. The van der Waals surface area contributed by atoms with Crippen molar-refractivity contribution in [2.45, 2.75) is 19.3 Å². The minimum absolute atomic E-state index is 0.224. The second-order valence-corrected chi connectivity index (χ2v) is 5.63. The van der Waals surface area contributed by atoms with Crippen molar-refractivity contribution in [1.82, 2.24) is 5.06 Å². The van der Waals surface area contributed by atoms with Crippen LogP contribution in [0.2, 0.25) is 0 Å². The average Bonchev–Trinajstić information content (AvgIpc) is 2.50. The Kier molecular flexibility index (Phi) is 4.11. The molecule has 1 aliphatic rings. The smallest absolute Gasteiger partial charge is 0.252 e. The van der Waals surface area contributed by atoms with Gasteiger partial charge in [0.1, 0.15) is 0 Å². The van der Waals surface area contributed by atoms with E-state index in [1.54, 1.807) is 6.07 Å². The first-order chi connectivity index (χ1) is 10.6. The lowest BCUT2D eigenvalue weighted by Gasteiger charge is -2.30. The van der Waals surface area contributed by atoms with Gasteiger partial charge in [-0.3, -0.25) is 4.79 Å². The summed E-state index contributed by atoms with van der Waals surface area (Å²) in [6.07, 6.45) is 1.12. The molecule has 0 aromatic heterocycles. The minimum Gasteiger partial charge on any atom is -0.405 e. The summed E-state index contributed by atoms with van der Waals surface area (Å²) in [5, 5.41) is 1.85. The zero-order valence-electron chi connectivity index (χ0n) is 12.7. The summed E-state index contributed by atoms with van der Waals surface area (Å²) in [6.45, 7) is 3.91. The largest absolute Gasteiger partial charge is 0.405 e. The van der Waals surface area contributed by atoms with Crippen LogP contribution >= 0.6 is 0 Å². The molecule has 22 heavy (non-hydrogen) atoms. The lowest BCUT2D eigenvalue weighted by molar-refractivity contribution is -0.107. The molecule has 1 aliphatic heterocycles. The molecular weight excluding hydrogens is 276 g/mol. The van der Waals surface area contributed by atoms with E-state index in [4.69, 9.17) is 10.6 Å². The molecule has 3 rings (SSSR count). The van der Waals surface area contributed by atoms with Gasteiger partial charge in [-0.2, -0.15) is 0 Å². The third-order valence-electron chi connectivity index (χ3n) is 4.11. The number of nitrogens with two attached hydrogens (primary N) is 1. The Balaban J connectivity index is 1.91. The Morgan fingerprint density at radius 3 is 2.45 bits per heavy atom. The van der Waals surface area contributed by atoms with Crippen molar-refractivity contribution >= 4 is 5.91 Å². The quantitative estimate of drug-likeness (QED) is 0.923. The Labute approximate surface area is 130 Å². The summed E-state index contributed by atoms with van der Waals surface area (Å²) in [4.78, 5) is 17.4. The number of rotatable bonds is 5. The van der Waals surface area contributed by atoms with Crippen LogP contribution in [0.25, 0.3) is 0 Å². The molecule has 4 heteroatoms. The zero-order chi connectivity index (χ0) is 15.5. The van der Waals surface area contributed by atoms with Crippen molar-refractivity contribution in [3.05, 3.63) is 65.2 Å². The molecule has 1 amide bonds. The van der Waals surface area contributed by atoms with E-state index in [0.29, 0.717) is 11.3 Å². The number of hydrogen-bond donors (Lipinski definition) is 1. The van der Waals surface area contributed by atoms with Crippen LogP contribution in [0.3, 0.4) is 0 Å². The molecule has 2 aromatic rings. The highest BCUT2D eigenvalue weighted by molar-refractivity contribution is 5.95. The van der Waals surface area contributed by atoms with E-state index in [1.807, 2.05) is 35.4 Å². The maximum Gasteiger partial charge on any atom is 0.252 e. The molecule has 0 saturated carbocycles. The molecule has 1 unspecified atom stereocenters. The van der Waals surface area contributed by atoms with Crippen LogP contribution in [0.1, 0.15) is 40.7 Å². The summed E-state index contributed by atoms with van der Waals surface area (Å²) in [6, 6.07) is 15.9. The van der Waals surface area contributed by atoms with Crippen LogP contribution < -0.4 is 10.6 Å². The first-order valence-corrected chi connectivity index (χ1v) is 7.57. The summed E-state index contributed by atoms with van der Waals surface area (Å²) in [5.41, 5.74) is 8.21. The number of benzene rings is 2. The lowest BCUT2D eigenvalue weighted by Crippen LogP contribution is -2.40. The molecular formula is C18H20N2O2. The monoisotopic (exact) mass is 296 g/mol. The summed E-state index contributed by atoms with van der Waals surface area (Å²) >= 11 is 0. The molecule has 0 spiro atoms. The summed E-state index contributed by atoms with van der Waals surface area (Å²) in [5.74, 6) is 0.309. The predicted octanol–water partition coefficient (Wildman–Crippen LogP) is 2.94. The van der Waals surface area contributed by atoms with Gasteiger partial charge in [0.2, 0.25) is 0 Å². The topological polar surface area (TPSA) is 55.6 Å². The number of primary amides is 1. The van der Waals surface area contributed by atoms with Gasteiger partial charge in [0, 0.05) is 19.0 Å². The molecule has 1 atom stereocenters. The van der Waals surface area contributed by atoms with Crippen LogP contribution in [-0.4, -0.2) is 24.1 Å². The van der Waals surface area contributed by atoms with Gasteiger partial charge < -0.3 is 10.6 Å². The maximum atomic E-state index is 11.6. The second-order valence-electron chi connectivity index (χ2n) is 5.63. The first kappa shape index (κ1) is 14.6. The van der Waals surface area contributed by atoms with E-state index in [2.05, 4.69) is 19.1 Å². The van der Waals surface area contributed by atoms with Crippen molar-refractivity contribution in [2.75, 3.05) is 13.1 Å². The molecule has 1 heterocycles. The van der Waals surface area contributed by atoms with Crippen LogP contribution in [0.4, 0.5) is 0 Å². The van der Waals surface area contributed by atoms with E-state index in [-0.39, 0.29) is 5.92 Å². The van der Waals surface area contributed by atoms with E-state index < -0.39 is 5.91 Å². The van der Waals surface area contributed by atoms with Crippen LogP contribution in [0.5, 0.6) is 5.75 Å². The average molecular weight is 296 g/mol. The van der Waals surface area contributed by atoms with Crippen molar-refractivity contribution in [1.29, 1.82) is 0 Å². The molecule has 1 fully saturated rings. The van der Waals surface area contributed by atoms with E-state index >= 15 is 0 Å². The van der Waals surface area contributed by atoms with Crippen molar-refractivity contribution < 1.29 is 9.63 Å². The first-order valence-electron chi connectivity index (χ1n) is 7.57. The fourth-order valence-corrected chi connectivity index (χ4v) is 2.54. The van der Waals surface area contributed by atoms with Gasteiger partial charge in [0.25, 0.3) is 5.91 Å². The normalized spacial score (nSPS) is 15.9. The Bertz CT molecular complexity index is 666. The molecule has 0 radical (unpaired) electrons. The van der Waals surface area contributed by atoms with Crippen molar-refractivity contribution in [2.24, 2.45) is 5.73 Å². The Morgan fingerprint density at radius 1 is 1.14 bits per heavy atom. The van der Waals surface area contributed by atoms with Crippen molar-refractivity contribution in [3.8, 4) is 5.75 Å². The zero-order valence-corrected chi connectivity index (χ0v) is 12.7. The van der Waals surface area contributed by atoms with Gasteiger partial charge in [-0.05, 0) is 29.7 Å². The van der Waals surface area contributed by atoms with E-state index in [0.717, 1.165) is 25.1 Å². The number of carbonyl (C=O) groups excluding carboxylic acids is 1. The fraction of sp³-hybridized carbons (Fsp3) is 0.278. The number of hydrogen-bond acceptors (Lipinski definition) is 3. The standard InChI is InChI=1S/C18H20N2O2/c1-13(14-6-3-2-4-7-14)15-8-9-16(18(19)21)17(12-15)22-20-10-5-11-20/h2-4,6-9,12-13H,5,10-11H2,1H3,(H2,19,21). The van der Waals surface area contributed by atoms with Crippen molar-refractivity contribution in [3.63, 3.8) is 0 Å². The Morgan fingerprint density at radius 2 is 1.86 bits per heavy atom. The molecule has 114 valence electrons. The molecule has 2 N–H and O–H groups in total. The second kappa shape index (κ2) is 6.20.